The summed E-state index contributed by atoms with van der Waals surface area (Å²) in [4.78, 5) is 15.7. The maximum Gasteiger partial charge on any atom is 0.331 e. The number of carbonyl (C=O) groups is 1. The molecule has 5 heteroatoms. The molecule has 1 atom stereocenters. The van der Waals surface area contributed by atoms with E-state index >= 15 is 0 Å². The van der Waals surface area contributed by atoms with Gasteiger partial charge in [0, 0.05) is 32.2 Å². The minimum atomic E-state index is -0.193. The molecule has 1 unspecified atom stereocenters. The van der Waals surface area contributed by atoms with Crippen molar-refractivity contribution in [3.05, 3.63) is 35.9 Å². The summed E-state index contributed by atoms with van der Waals surface area (Å²) < 4.78 is 0. The van der Waals surface area contributed by atoms with Crippen molar-refractivity contribution in [3.8, 4) is 0 Å². The quantitative estimate of drug-likeness (QED) is 0.462. The summed E-state index contributed by atoms with van der Waals surface area (Å²) in [7, 11) is 0. The molecule has 2 rings (SSSR count). The standard InChI is InChI=1S/C13H20N4O/c1-11-9-16(7-8-17(11)13(18)15-14)10-12-5-3-2-4-6-12/h2-6,11H,7-10,14H2,1H3,(H,15,18). The molecular weight excluding hydrogens is 228 g/mol. The largest absolute Gasteiger partial charge is 0.331 e. The smallest absolute Gasteiger partial charge is 0.318 e. The Kier molecular flexibility index (Phi) is 4.17. The predicted molar refractivity (Wildman–Crippen MR) is 70.6 cm³/mol. The number of rotatable bonds is 2. The molecule has 98 valence electrons. The highest BCUT2D eigenvalue weighted by Gasteiger charge is 2.26. The van der Waals surface area contributed by atoms with Gasteiger partial charge in [-0.2, -0.15) is 0 Å². The van der Waals surface area contributed by atoms with E-state index in [9.17, 15) is 4.79 Å². The molecule has 1 fully saturated rings. The van der Waals surface area contributed by atoms with Crippen molar-refractivity contribution < 1.29 is 4.79 Å². The minimum absolute atomic E-state index is 0.186. The molecule has 0 bridgehead atoms. The van der Waals surface area contributed by atoms with Crippen molar-refractivity contribution in [2.24, 2.45) is 5.84 Å². The highest BCUT2D eigenvalue weighted by Crippen LogP contribution is 2.12. The Balaban J connectivity index is 1.90. The van der Waals surface area contributed by atoms with Gasteiger partial charge in [0.05, 0.1) is 0 Å². The Hall–Kier alpha value is -1.59. The fourth-order valence-electron chi connectivity index (χ4n) is 2.40. The van der Waals surface area contributed by atoms with Crippen LogP contribution in [0.25, 0.3) is 0 Å². The van der Waals surface area contributed by atoms with Crippen LogP contribution in [0, 0.1) is 0 Å². The second kappa shape index (κ2) is 5.84. The van der Waals surface area contributed by atoms with Crippen LogP contribution in [0.5, 0.6) is 0 Å². The van der Waals surface area contributed by atoms with Gasteiger partial charge in [-0.1, -0.05) is 30.3 Å². The lowest BCUT2D eigenvalue weighted by molar-refractivity contribution is 0.0976. The van der Waals surface area contributed by atoms with E-state index in [1.54, 1.807) is 4.90 Å². The summed E-state index contributed by atoms with van der Waals surface area (Å²) in [5.41, 5.74) is 3.50. The average molecular weight is 248 g/mol. The molecule has 3 N–H and O–H groups in total. The fourth-order valence-corrected chi connectivity index (χ4v) is 2.40. The number of piperazine rings is 1. The number of carbonyl (C=O) groups excluding carboxylic acids is 1. The van der Waals surface area contributed by atoms with E-state index in [0.29, 0.717) is 0 Å². The summed E-state index contributed by atoms with van der Waals surface area (Å²) in [5.74, 6) is 5.17. The highest BCUT2D eigenvalue weighted by molar-refractivity contribution is 5.73. The SMILES string of the molecule is CC1CN(Cc2ccccc2)CCN1C(=O)NN. The van der Waals surface area contributed by atoms with Crippen LogP contribution >= 0.6 is 0 Å². The Morgan fingerprint density at radius 3 is 2.72 bits per heavy atom. The molecule has 0 saturated carbocycles. The maximum absolute atomic E-state index is 11.5. The van der Waals surface area contributed by atoms with Gasteiger partial charge in [0.15, 0.2) is 0 Å². The van der Waals surface area contributed by atoms with Crippen molar-refractivity contribution in [1.29, 1.82) is 0 Å². The van der Waals surface area contributed by atoms with Crippen LogP contribution in [0.1, 0.15) is 12.5 Å². The first-order valence-electron chi connectivity index (χ1n) is 6.24. The summed E-state index contributed by atoms with van der Waals surface area (Å²) in [6, 6.07) is 10.4. The van der Waals surface area contributed by atoms with Gasteiger partial charge in [-0.15, -0.1) is 0 Å². The Bertz CT molecular complexity index is 395. The van der Waals surface area contributed by atoms with Gasteiger partial charge in [-0.05, 0) is 12.5 Å². The molecule has 0 spiro atoms. The number of nitrogens with one attached hydrogen (secondary N) is 1. The van der Waals surface area contributed by atoms with Crippen LogP contribution in [0.3, 0.4) is 0 Å². The van der Waals surface area contributed by atoms with Gasteiger partial charge in [0.25, 0.3) is 0 Å². The Labute approximate surface area is 108 Å². The first-order chi connectivity index (χ1) is 8.70. The molecule has 1 aliphatic heterocycles. The molecule has 5 nitrogen and oxygen atoms in total. The number of nitrogens with two attached hydrogens (primary N) is 1. The number of hydrazine groups is 1. The van der Waals surface area contributed by atoms with Crippen molar-refractivity contribution >= 4 is 6.03 Å². The number of benzene rings is 1. The van der Waals surface area contributed by atoms with Crippen LogP contribution in [-0.2, 0) is 6.54 Å². The molecule has 1 aromatic carbocycles. The van der Waals surface area contributed by atoms with E-state index in [1.807, 2.05) is 13.0 Å². The first-order valence-corrected chi connectivity index (χ1v) is 6.24. The topological polar surface area (TPSA) is 61.6 Å². The molecule has 1 aromatic rings. The monoisotopic (exact) mass is 248 g/mol. The molecule has 1 saturated heterocycles. The average Bonchev–Trinajstić information content (AvgIpc) is 2.39. The van der Waals surface area contributed by atoms with Crippen LogP contribution in [-0.4, -0.2) is 41.5 Å². The fraction of sp³-hybridized carbons (Fsp3) is 0.462. The second-order valence-electron chi connectivity index (χ2n) is 4.71. The van der Waals surface area contributed by atoms with Gasteiger partial charge in [0.1, 0.15) is 0 Å². The van der Waals surface area contributed by atoms with E-state index in [-0.39, 0.29) is 12.1 Å². The van der Waals surface area contributed by atoms with Gasteiger partial charge in [0.2, 0.25) is 0 Å². The number of hydrogen-bond acceptors (Lipinski definition) is 3. The number of urea groups is 1. The van der Waals surface area contributed by atoms with Gasteiger partial charge in [-0.25, -0.2) is 10.6 Å². The molecule has 1 aliphatic rings. The summed E-state index contributed by atoms with van der Waals surface area (Å²) in [5, 5.41) is 0. The molecular formula is C13H20N4O. The van der Waals surface area contributed by atoms with Gasteiger partial charge in [-0.3, -0.25) is 10.3 Å². The summed E-state index contributed by atoms with van der Waals surface area (Å²) >= 11 is 0. The molecule has 0 aliphatic carbocycles. The minimum Gasteiger partial charge on any atom is -0.318 e. The zero-order chi connectivity index (χ0) is 13.0. The van der Waals surface area contributed by atoms with Gasteiger partial charge >= 0.3 is 6.03 Å². The van der Waals surface area contributed by atoms with Crippen molar-refractivity contribution in [2.45, 2.75) is 19.5 Å². The number of hydrogen-bond donors (Lipinski definition) is 2. The molecule has 2 amide bonds. The lowest BCUT2D eigenvalue weighted by Crippen LogP contribution is -2.57. The van der Waals surface area contributed by atoms with Crippen LogP contribution < -0.4 is 11.3 Å². The zero-order valence-corrected chi connectivity index (χ0v) is 10.7. The normalized spacial score (nSPS) is 20.8. The number of amides is 2. The third-order valence-corrected chi connectivity index (χ3v) is 3.34. The molecule has 0 radical (unpaired) electrons. The van der Waals surface area contributed by atoms with Crippen molar-refractivity contribution in [3.63, 3.8) is 0 Å². The highest BCUT2D eigenvalue weighted by atomic mass is 16.2. The first kappa shape index (κ1) is 12.9. The predicted octanol–water partition coefficient (Wildman–Crippen LogP) is 0.776. The molecule has 0 aromatic heterocycles. The van der Waals surface area contributed by atoms with Crippen molar-refractivity contribution in [2.75, 3.05) is 19.6 Å². The van der Waals surface area contributed by atoms with E-state index in [2.05, 4.69) is 34.6 Å². The van der Waals surface area contributed by atoms with E-state index < -0.39 is 0 Å². The van der Waals surface area contributed by atoms with E-state index in [4.69, 9.17) is 5.84 Å². The van der Waals surface area contributed by atoms with Crippen LogP contribution in [0.2, 0.25) is 0 Å². The zero-order valence-electron chi connectivity index (χ0n) is 10.7. The molecule has 18 heavy (non-hydrogen) atoms. The maximum atomic E-state index is 11.5. The van der Waals surface area contributed by atoms with Crippen molar-refractivity contribution in [1.82, 2.24) is 15.2 Å². The van der Waals surface area contributed by atoms with E-state index in [1.165, 1.54) is 5.56 Å². The summed E-state index contributed by atoms with van der Waals surface area (Å²) in [6.45, 7) is 5.46. The third-order valence-electron chi connectivity index (χ3n) is 3.34. The second-order valence-corrected chi connectivity index (χ2v) is 4.71. The lowest BCUT2D eigenvalue weighted by Gasteiger charge is -2.39. The third kappa shape index (κ3) is 3.00. The van der Waals surface area contributed by atoms with E-state index in [0.717, 1.165) is 26.2 Å². The number of nitrogens with zero attached hydrogens (tertiary/aromatic N) is 2. The Morgan fingerprint density at radius 2 is 2.11 bits per heavy atom. The Morgan fingerprint density at radius 1 is 1.39 bits per heavy atom. The summed E-state index contributed by atoms with van der Waals surface area (Å²) in [6.07, 6.45) is 0. The lowest BCUT2D eigenvalue weighted by atomic mass is 10.1. The van der Waals surface area contributed by atoms with Crippen LogP contribution in [0.4, 0.5) is 4.79 Å². The van der Waals surface area contributed by atoms with Gasteiger partial charge < -0.3 is 4.90 Å². The molecule has 1 heterocycles. The van der Waals surface area contributed by atoms with Crippen LogP contribution in [0.15, 0.2) is 30.3 Å².